The van der Waals surface area contributed by atoms with Crippen LogP contribution in [0.5, 0.6) is 0 Å². The smallest absolute Gasteiger partial charge is 0.471 e. The molecule has 0 spiro atoms. The lowest BCUT2D eigenvalue weighted by Crippen LogP contribution is -2.52. The molecule has 15 heavy (non-hydrogen) atoms. The van der Waals surface area contributed by atoms with Gasteiger partial charge in [0.15, 0.2) is 0 Å². The lowest BCUT2D eigenvalue weighted by molar-refractivity contribution is -0.176. The molecule has 0 rings (SSSR count). The third-order valence-electron chi connectivity index (χ3n) is 1.46. The number of nitrogens with one attached hydrogen (secondary N) is 1. The first-order chi connectivity index (χ1) is 6.82. The summed E-state index contributed by atoms with van der Waals surface area (Å²) in [6, 6.07) is -2.74. The second kappa shape index (κ2) is 4.08. The van der Waals surface area contributed by atoms with Crippen molar-refractivity contribution in [1.29, 1.82) is 0 Å². The van der Waals surface area contributed by atoms with Crippen LogP contribution >= 0.6 is 0 Å². The van der Waals surface area contributed by atoms with E-state index in [1.807, 2.05) is 0 Å². The summed E-state index contributed by atoms with van der Waals surface area (Å²) in [5.41, 5.74) is -1.39. The average molecular weight is 228 g/mol. The van der Waals surface area contributed by atoms with Gasteiger partial charge in [0.1, 0.15) is 6.02 Å². The molecule has 0 radical (unpaired) electrons. The molecule has 0 aromatic heterocycles. The molecule has 0 aromatic rings. The first-order valence-electron chi connectivity index (χ1n) is 4.45. The van der Waals surface area contributed by atoms with E-state index in [1.54, 1.807) is 0 Å². The normalized spacial score (nSPS) is 17.6. The highest BCUT2D eigenvalue weighted by atomic mass is 19.4. The van der Waals surface area contributed by atoms with Crippen molar-refractivity contribution in [2.24, 2.45) is 5.41 Å². The predicted octanol–water partition coefficient (Wildman–Crippen LogP) is 1.16. The van der Waals surface area contributed by atoms with Gasteiger partial charge >= 0.3 is 18.1 Å². The summed E-state index contributed by atoms with van der Waals surface area (Å²) in [5, 5.41) is 9.89. The number of carboxylic acid groups (broad SMARTS) is 1. The highest BCUT2D eigenvalue weighted by Gasteiger charge is 2.43. The van der Waals surface area contributed by atoms with Gasteiger partial charge in [-0.1, -0.05) is 20.8 Å². The molecule has 0 saturated heterocycles. The largest absolute Gasteiger partial charge is 0.480 e. The van der Waals surface area contributed by atoms with Crippen LogP contribution in [-0.2, 0) is 9.59 Å². The zero-order valence-electron chi connectivity index (χ0n) is 9.40. The zero-order valence-corrected chi connectivity index (χ0v) is 8.40. The third kappa shape index (κ3) is 4.18. The number of hydrogen-bond donors (Lipinski definition) is 2. The predicted molar refractivity (Wildman–Crippen MR) is 45.1 cm³/mol. The van der Waals surface area contributed by atoms with Gasteiger partial charge in [-0.05, 0) is 5.41 Å². The molecule has 0 heterocycles. The van der Waals surface area contributed by atoms with Crippen LogP contribution in [0, 0.1) is 5.41 Å². The highest BCUT2D eigenvalue weighted by molar-refractivity contribution is 5.87. The molecule has 1 amide bonds. The Hall–Kier alpha value is -1.27. The molecule has 0 aliphatic rings. The molecule has 0 aromatic carbocycles. The summed E-state index contributed by atoms with van der Waals surface area (Å²) in [5.74, 6) is -4.29. The number of carbonyl (C=O) groups is 2. The first kappa shape index (κ1) is 11.8. The SMILES string of the molecule is [2H]C(NC(=O)C(F)(F)F)(C(=O)O)C(C)(C)C. The number of halogens is 3. The van der Waals surface area contributed by atoms with Gasteiger partial charge in [0, 0.05) is 0 Å². The maximum atomic E-state index is 11.9. The van der Waals surface area contributed by atoms with Gasteiger partial charge in [-0.25, -0.2) is 4.79 Å². The second-order valence-electron chi connectivity index (χ2n) is 3.88. The Balaban J connectivity index is 5.15. The van der Waals surface area contributed by atoms with Gasteiger partial charge in [-0.15, -0.1) is 0 Å². The van der Waals surface area contributed by atoms with Crippen molar-refractivity contribution in [3.8, 4) is 0 Å². The van der Waals surface area contributed by atoms with Crippen LogP contribution in [0.4, 0.5) is 13.2 Å². The average Bonchev–Trinajstić information content (AvgIpc) is 1.99. The summed E-state index contributed by atoms with van der Waals surface area (Å²) in [6.07, 6.45) is -5.22. The van der Waals surface area contributed by atoms with Crippen molar-refractivity contribution >= 4 is 11.9 Å². The second-order valence-corrected chi connectivity index (χ2v) is 3.88. The van der Waals surface area contributed by atoms with Gasteiger partial charge in [0.25, 0.3) is 0 Å². The van der Waals surface area contributed by atoms with Crippen LogP contribution < -0.4 is 5.32 Å². The van der Waals surface area contributed by atoms with E-state index in [9.17, 15) is 22.8 Å². The molecule has 2 N–H and O–H groups in total. The van der Waals surface area contributed by atoms with Crippen LogP contribution in [0.1, 0.15) is 22.1 Å². The Morgan fingerprint density at radius 3 is 1.93 bits per heavy atom. The zero-order chi connectivity index (χ0) is 13.4. The topological polar surface area (TPSA) is 66.4 Å². The van der Waals surface area contributed by atoms with Crippen molar-refractivity contribution < 1.29 is 29.2 Å². The minimum Gasteiger partial charge on any atom is -0.480 e. The number of hydrogen-bond acceptors (Lipinski definition) is 2. The maximum Gasteiger partial charge on any atom is 0.471 e. The summed E-state index contributed by atoms with van der Waals surface area (Å²) in [6.45, 7) is 3.72. The van der Waals surface area contributed by atoms with Crippen LogP contribution in [-0.4, -0.2) is 29.2 Å². The number of carboxylic acids is 1. The van der Waals surface area contributed by atoms with E-state index in [2.05, 4.69) is 0 Å². The summed E-state index contributed by atoms with van der Waals surface area (Å²) >= 11 is 0. The Kier molecular flexibility index (Phi) is 3.21. The third-order valence-corrected chi connectivity index (χ3v) is 1.46. The first-order valence-corrected chi connectivity index (χ1v) is 3.95. The van der Waals surface area contributed by atoms with Crippen LogP contribution in [0.25, 0.3) is 0 Å². The number of amides is 1. The number of carbonyl (C=O) groups excluding carboxylic acids is 1. The van der Waals surface area contributed by atoms with Crippen molar-refractivity contribution in [3.05, 3.63) is 0 Å². The molecule has 0 fully saturated rings. The van der Waals surface area contributed by atoms with Gasteiger partial charge < -0.3 is 10.4 Å². The molecule has 0 aliphatic carbocycles. The van der Waals surface area contributed by atoms with Crippen molar-refractivity contribution in [2.45, 2.75) is 33.0 Å². The molecule has 4 nitrogen and oxygen atoms in total. The monoisotopic (exact) mass is 228 g/mol. The Bertz CT molecular complexity index is 311. The van der Waals surface area contributed by atoms with Crippen LogP contribution in [0.3, 0.4) is 0 Å². The van der Waals surface area contributed by atoms with E-state index in [1.165, 1.54) is 26.1 Å². The van der Waals surface area contributed by atoms with E-state index in [4.69, 9.17) is 6.48 Å². The molecule has 7 heteroatoms. The van der Waals surface area contributed by atoms with Crippen LogP contribution in [0.15, 0.2) is 0 Å². The lowest BCUT2D eigenvalue weighted by atomic mass is 9.87. The summed E-state index contributed by atoms with van der Waals surface area (Å²) < 4.78 is 43.2. The Morgan fingerprint density at radius 2 is 1.73 bits per heavy atom. The maximum absolute atomic E-state index is 11.9. The molecule has 0 bridgehead atoms. The van der Waals surface area contributed by atoms with Gasteiger partial charge in [0.05, 0.1) is 1.37 Å². The van der Waals surface area contributed by atoms with E-state index in [0.29, 0.717) is 0 Å². The molecular weight excluding hydrogens is 215 g/mol. The van der Waals surface area contributed by atoms with E-state index in [0.717, 1.165) is 0 Å². The fourth-order valence-corrected chi connectivity index (χ4v) is 0.746. The number of aliphatic carboxylic acids is 1. The van der Waals surface area contributed by atoms with Crippen molar-refractivity contribution in [1.82, 2.24) is 5.32 Å². The number of rotatable bonds is 2. The van der Waals surface area contributed by atoms with E-state index >= 15 is 0 Å². The van der Waals surface area contributed by atoms with E-state index in [-0.39, 0.29) is 0 Å². The lowest BCUT2D eigenvalue weighted by Gasteiger charge is -2.27. The quantitative estimate of drug-likeness (QED) is 0.745. The Morgan fingerprint density at radius 1 is 1.33 bits per heavy atom. The van der Waals surface area contributed by atoms with Crippen molar-refractivity contribution in [3.63, 3.8) is 0 Å². The molecule has 0 aliphatic heterocycles. The molecule has 1 atom stereocenters. The van der Waals surface area contributed by atoms with Gasteiger partial charge in [-0.2, -0.15) is 13.2 Å². The summed E-state index contributed by atoms with van der Waals surface area (Å²) in [7, 11) is 0. The summed E-state index contributed by atoms with van der Waals surface area (Å²) in [4.78, 5) is 21.4. The van der Waals surface area contributed by atoms with Crippen LogP contribution in [0.2, 0.25) is 0 Å². The van der Waals surface area contributed by atoms with Gasteiger partial charge in [0.2, 0.25) is 0 Å². The minimum absolute atomic E-state index is 1.18. The fourth-order valence-electron chi connectivity index (χ4n) is 0.746. The molecule has 88 valence electrons. The van der Waals surface area contributed by atoms with Crippen molar-refractivity contribution in [2.75, 3.05) is 0 Å². The highest BCUT2D eigenvalue weighted by Crippen LogP contribution is 2.22. The fraction of sp³-hybridized carbons (Fsp3) is 0.750. The standard InChI is InChI=1S/C8H12F3NO3/c1-7(2,3)4(5(13)14)12-6(15)8(9,10)11/h4H,1-3H3,(H,12,15)(H,13,14)/i4D. The minimum atomic E-state index is -5.22. The van der Waals surface area contributed by atoms with Gasteiger partial charge in [-0.3, -0.25) is 4.79 Å². The molecular formula is C8H12F3NO3. The molecule has 1 unspecified atom stereocenters. The molecule has 0 saturated carbocycles. The number of alkyl halides is 3. The van der Waals surface area contributed by atoms with E-state index < -0.39 is 29.5 Å². The Labute approximate surface area is 85.9 Å².